The summed E-state index contributed by atoms with van der Waals surface area (Å²) in [5.41, 5.74) is 2.24. The van der Waals surface area contributed by atoms with Crippen LogP contribution in [0.15, 0.2) is 24.3 Å². The Labute approximate surface area is 168 Å². The van der Waals surface area contributed by atoms with Crippen LogP contribution < -0.4 is 15.5 Å². The maximum atomic E-state index is 12.5. The number of benzene rings is 1. The van der Waals surface area contributed by atoms with Crippen molar-refractivity contribution in [1.82, 2.24) is 10.6 Å². The molecule has 0 spiro atoms. The number of rotatable bonds is 5. The van der Waals surface area contributed by atoms with E-state index >= 15 is 0 Å². The average molecular weight is 382 g/mol. The fourth-order valence-corrected chi connectivity index (χ4v) is 4.61. The predicted octanol–water partition coefficient (Wildman–Crippen LogP) is 3.16. The molecule has 1 aliphatic heterocycles. The normalized spacial score (nSPS) is 26.8. The third-order valence-corrected chi connectivity index (χ3v) is 6.06. The van der Waals surface area contributed by atoms with E-state index in [1.54, 1.807) is 0 Å². The molecule has 1 aromatic rings. The van der Waals surface area contributed by atoms with Crippen LogP contribution in [0.25, 0.3) is 0 Å². The Kier molecular flexibility index (Phi) is 6.74. The topological polar surface area (TPSA) is 61.4 Å². The summed E-state index contributed by atoms with van der Waals surface area (Å²) in [5.74, 6) is 2.79. The van der Waals surface area contributed by atoms with Gasteiger partial charge in [0.25, 0.3) is 0 Å². The molecule has 3 rings (SSSR count). The quantitative estimate of drug-likeness (QED) is 0.770. The van der Waals surface area contributed by atoms with Crippen LogP contribution in [0.3, 0.4) is 0 Å². The number of hydrogen-bond acceptors (Lipinski definition) is 3. The van der Waals surface area contributed by atoms with Crippen LogP contribution in [0.4, 0.5) is 5.69 Å². The highest BCUT2D eigenvalue weighted by atomic mass is 16.2. The summed E-state index contributed by atoms with van der Waals surface area (Å²) in [4.78, 5) is 26.5. The van der Waals surface area contributed by atoms with E-state index in [-0.39, 0.29) is 29.8 Å². The second-order valence-electron chi connectivity index (χ2n) is 7.95. The molecule has 2 N–H and O–H groups in total. The fraction of sp³-hybridized carbons (Fsp3) is 0.565. The molecule has 5 heteroatoms. The molecule has 1 heterocycles. The SMILES string of the molecule is C#CCNC(=O)C1CCC(N[C@@H]2C[C@H](C)N(C(=O)CC)c3ccccc32)CC1. The first-order chi connectivity index (χ1) is 13.5. The molecule has 1 aliphatic carbocycles. The smallest absolute Gasteiger partial charge is 0.226 e. The molecule has 1 aromatic carbocycles. The minimum atomic E-state index is 0.0710. The molecule has 2 aliphatic rings. The Morgan fingerprint density at radius 3 is 2.61 bits per heavy atom. The van der Waals surface area contributed by atoms with Gasteiger partial charge in [0.1, 0.15) is 0 Å². The Hall–Kier alpha value is -2.32. The lowest BCUT2D eigenvalue weighted by atomic mass is 9.83. The average Bonchev–Trinajstić information content (AvgIpc) is 2.72. The van der Waals surface area contributed by atoms with Crippen LogP contribution >= 0.6 is 0 Å². The number of fused-ring (bicyclic) bond motifs is 1. The van der Waals surface area contributed by atoms with Crippen LogP contribution in [0.2, 0.25) is 0 Å². The summed E-state index contributed by atoms with van der Waals surface area (Å²) in [6.45, 7) is 4.35. The minimum absolute atomic E-state index is 0.0710. The van der Waals surface area contributed by atoms with E-state index < -0.39 is 0 Å². The number of nitrogens with zero attached hydrogens (tertiary/aromatic N) is 1. The molecule has 5 nitrogen and oxygen atoms in total. The van der Waals surface area contributed by atoms with Gasteiger partial charge in [-0.25, -0.2) is 0 Å². The summed E-state index contributed by atoms with van der Waals surface area (Å²) >= 11 is 0. The van der Waals surface area contributed by atoms with Crippen molar-refractivity contribution >= 4 is 17.5 Å². The highest BCUT2D eigenvalue weighted by Gasteiger charge is 2.35. The number of carbonyl (C=O) groups excluding carboxylic acids is 2. The van der Waals surface area contributed by atoms with Gasteiger partial charge in [-0.2, -0.15) is 0 Å². The molecule has 2 atom stereocenters. The number of terminal acetylenes is 1. The van der Waals surface area contributed by atoms with Crippen molar-refractivity contribution in [2.24, 2.45) is 5.92 Å². The first kappa shape index (κ1) is 20.4. The first-order valence-electron chi connectivity index (χ1n) is 10.4. The number of anilines is 1. The van der Waals surface area contributed by atoms with Gasteiger partial charge < -0.3 is 15.5 Å². The zero-order chi connectivity index (χ0) is 20.1. The molecule has 1 saturated carbocycles. The Bertz CT molecular complexity index is 746. The molecule has 0 radical (unpaired) electrons. The fourth-order valence-electron chi connectivity index (χ4n) is 4.61. The number of hydrogen-bond donors (Lipinski definition) is 2. The Balaban J connectivity index is 1.65. The van der Waals surface area contributed by atoms with Crippen LogP contribution in [0, 0.1) is 18.3 Å². The van der Waals surface area contributed by atoms with Gasteiger partial charge in [-0.15, -0.1) is 6.42 Å². The van der Waals surface area contributed by atoms with E-state index in [0.717, 1.165) is 37.8 Å². The summed E-state index contributed by atoms with van der Waals surface area (Å²) in [6, 6.07) is 9.05. The highest BCUT2D eigenvalue weighted by Crippen LogP contribution is 2.38. The van der Waals surface area contributed by atoms with Crippen LogP contribution in [0.5, 0.6) is 0 Å². The third-order valence-electron chi connectivity index (χ3n) is 6.06. The summed E-state index contributed by atoms with van der Waals surface area (Å²) < 4.78 is 0. The standard InChI is InChI=1S/C23H31N3O2/c1-4-14-24-23(28)17-10-12-18(13-11-17)25-20-15-16(3)26(22(27)5-2)21-9-7-6-8-19(20)21/h1,6-9,16-18,20,25H,5,10-15H2,2-3H3,(H,24,28)/t16-,17?,18?,20+/m0/s1. The van der Waals surface area contributed by atoms with Crippen LogP contribution in [0.1, 0.15) is 64.0 Å². The number of nitrogens with one attached hydrogen (secondary N) is 2. The molecule has 0 aromatic heterocycles. The van der Waals surface area contributed by atoms with Crippen molar-refractivity contribution in [3.8, 4) is 12.3 Å². The van der Waals surface area contributed by atoms with E-state index in [2.05, 4.69) is 35.6 Å². The van der Waals surface area contributed by atoms with E-state index in [1.807, 2.05) is 24.0 Å². The monoisotopic (exact) mass is 381 g/mol. The second kappa shape index (κ2) is 9.25. The molecular formula is C23H31N3O2. The molecule has 1 fully saturated rings. The van der Waals surface area contributed by atoms with Gasteiger partial charge in [0.15, 0.2) is 0 Å². The maximum absolute atomic E-state index is 12.5. The van der Waals surface area contributed by atoms with Crippen LogP contribution in [-0.2, 0) is 9.59 Å². The van der Waals surface area contributed by atoms with Crippen LogP contribution in [-0.4, -0.2) is 30.4 Å². The van der Waals surface area contributed by atoms with E-state index in [1.165, 1.54) is 5.56 Å². The predicted molar refractivity (Wildman–Crippen MR) is 112 cm³/mol. The van der Waals surface area contributed by atoms with Gasteiger partial charge in [-0.05, 0) is 50.7 Å². The molecule has 150 valence electrons. The summed E-state index contributed by atoms with van der Waals surface area (Å²) in [5, 5.41) is 6.63. The van der Waals surface area contributed by atoms with Gasteiger partial charge in [0, 0.05) is 36.2 Å². The molecule has 28 heavy (non-hydrogen) atoms. The van der Waals surface area contributed by atoms with Gasteiger partial charge in [0.2, 0.25) is 11.8 Å². The first-order valence-corrected chi connectivity index (χ1v) is 10.4. The van der Waals surface area contributed by atoms with Crippen molar-refractivity contribution in [1.29, 1.82) is 0 Å². The van der Waals surface area contributed by atoms with E-state index in [4.69, 9.17) is 6.42 Å². The Morgan fingerprint density at radius 2 is 1.93 bits per heavy atom. The lowest BCUT2D eigenvalue weighted by Crippen LogP contribution is -2.47. The number of carbonyl (C=O) groups is 2. The zero-order valence-electron chi connectivity index (χ0n) is 16.9. The largest absolute Gasteiger partial charge is 0.345 e. The van der Waals surface area contributed by atoms with Gasteiger partial charge >= 0.3 is 0 Å². The maximum Gasteiger partial charge on any atom is 0.226 e. The molecule has 2 amide bonds. The van der Waals surface area contributed by atoms with Gasteiger partial charge in [0.05, 0.1) is 6.54 Å². The molecule has 0 unspecified atom stereocenters. The van der Waals surface area contributed by atoms with E-state index in [0.29, 0.717) is 19.0 Å². The van der Waals surface area contributed by atoms with Crippen molar-refractivity contribution in [3.63, 3.8) is 0 Å². The molecule has 0 saturated heterocycles. The van der Waals surface area contributed by atoms with Gasteiger partial charge in [-0.3, -0.25) is 9.59 Å². The lowest BCUT2D eigenvalue weighted by molar-refractivity contribution is -0.125. The van der Waals surface area contributed by atoms with E-state index in [9.17, 15) is 9.59 Å². The summed E-state index contributed by atoms with van der Waals surface area (Å²) in [6.07, 6.45) is 10.4. The highest BCUT2D eigenvalue weighted by molar-refractivity contribution is 5.95. The van der Waals surface area contributed by atoms with Crippen molar-refractivity contribution in [2.45, 2.75) is 70.5 Å². The van der Waals surface area contributed by atoms with Crippen molar-refractivity contribution < 1.29 is 9.59 Å². The lowest BCUT2D eigenvalue weighted by Gasteiger charge is -2.41. The van der Waals surface area contributed by atoms with Crippen molar-refractivity contribution in [2.75, 3.05) is 11.4 Å². The molecule has 0 bridgehead atoms. The zero-order valence-corrected chi connectivity index (χ0v) is 16.9. The van der Waals surface area contributed by atoms with Crippen molar-refractivity contribution in [3.05, 3.63) is 29.8 Å². The molecular weight excluding hydrogens is 350 g/mol. The second-order valence-corrected chi connectivity index (χ2v) is 7.95. The number of amides is 2. The van der Waals surface area contributed by atoms with Gasteiger partial charge in [-0.1, -0.05) is 31.0 Å². The Morgan fingerprint density at radius 1 is 1.21 bits per heavy atom. The minimum Gasteiger partial charge on any atom is -0.345 e. The third kappa shape index (κ3) is 4.39. The summed E-state index contributed by atoms with van der Waals surface area (Å²) in [7, 11) is 0. The number of para-hydroxylation sites is 1.